The number of hydrogen-bond acceptors (Lipinski definition) is 4. The summed E-state index contributed by atoms with van der Waals surface area (Å²) in [6, 6.07) is 10.8. The Kier molecular flexibility index (Phi) is 10.9. The van der Waals surface area contributed by atoms with Crippen molar-refractivity contribution in [3.63, 3.8) is 0 Å². The Morgan fingerprint density at radius 2 is 1.32 bits per heavy atom. The second-order valence-corrected chi connectivity index (χ2v) is 9.52. The van der Waals surface area contributed by atoms with E-state index in [2.05, 4.69) is 6.92 Å². The number of phenolic OH excluding ortho intramolecular Hbond substituents is 1. The molecule has 2 aromatic rings. The zero-order valence-electron chi connectivity index (χ0n) is 18.6. The van der Waals surface area contributed by atoms with Crippen LogP contribution in [-0.2, 0) is 16.5 Å². The van der Waals surface area contributed by atoms with Gasteiger partial charge in [0.25, 0.3) is 10.1 Å². The van der Waals surface area contributed by atoms with E-state index in [4.69, 9.17) is 9.29 Å². The molecule has 0 saturated carbocycles. The third-order valence-electron chi connectivity index (χ3n) is 5.48. The molecule has 5 nitrogen and oxygen atoms in total. The molecule has 0 amide bonds. The summed E-state index contributed by atoms with van der Waals surface area (Å²) in [5, 5.41) is 10.5. The topological polar surface area (TPSA) is 83.8 Å². The van der Waals surface area contributed by atoms with Crippen LogP contribution in [0.25, 0.3) is 0 Å². The molecule has 31 heavy (non-hydrogen) atoms. The lowest BCUT2D eigenvalue weighted by molar-refractivity contribution is 0.405. The molecule has 2 N–H and O–H groups in total. The van der Waals surface area contributed by atoms with Gasteiger partial charge in [-0.05, 0) is 48.7 Å². The molecular weight excluding hydrogens is 412 g/mol. The van der Waals surface area contributed by atoms with Gasteiger partial charge in [0.2, 0.25) is 0 Å². The molecule has 0 atom stereocenters. The van der Waals surface area contributed by atoms with Gasteiger partial charge in [-0.3, -0.25) is 4.55 Å². The summed E-state index contributed by atoms with van der Waals surface area (Å²) >= 11 is 0. The number of ether oxygens (including phenoxy) is 1. The van der Waals surface area contributed by atoms with Gasteiger partial charge in [0, 0.05) is 0 Å². The second-order valence-electron chi connectivity index (χ2n) is 8.10. The highest BCUT2D eigenvalue weighted by Crippen LogP contribution is 2.34. The van der Waals surface area contributed by atoms with Crippen LogP contribution in [0.15, 0.2) is 47.4 Å². The maximum Gasteiger partial charge on any atom is 0.294 e. The lowest BCUT2D eigenvalue weighted by Crippen LogP contribution is -1.97. The maximum atomic E-state index is 11.1. The first kappa shape index (κ1) is 25.2. The van der Waals surface area contributed by atoms with Crippen molar-refractivity contribution < 1.29 is 22.8 Å². The quantitative estimate of drug-likeness (QED) is 0.221. The molecule has 0 aliphatic rings. The summed E-state index contributed by atoms with van der Waals surface area (Å²) in [6.45, 7) is 2.25. The van der Waals surface area contributed by atoms with Crippen molar-refractivity contribution in [2.45, 2.75) is 88.9 Å². The highest BCUT2D eigenvalue weighted by molar-refractivity contribution is 7.85. The summed E-state index contributed by atoms with van der Waals surface area (Å²) in [5.74, 6) is 0.836. The zero-order valence-corrected chi connectivity index (χ0v) is 19.4. The molecule has 2 aromatic carbocycles. The van der Waals surface area contributed by atoms with Crippen molar-refractivity contribution in [1.82, 2.24) is 0 Å². The molecule has 2 rings (SSSR count). The first-order chi connectivity index (χ1) is 14.9. The molecule has 0 aliphatic carbocycles. The van der Waals surface area contributed by atoms with Crippen LogP contribution >= 0.6 is 0 Å². The minimum Gasteiger partial charge on any atom is -0.504 e. The van der Waals surface area contributed by atoms with E-state index >= 15 is 0 Å². The van der Waals surface area contributed by atoms with Crippen LogP contribution in [-0.4, -0.2) is 18.1 Å². The molecule has 172 valence electrons. The molecule has 0 bridgehead atoms. The molecule has 0 radical (unpaired) electrons. The van der Waals surface area contributed by atoms with E-state index in [0.717, 1.165) is 24.8 Å². The summed E-state index contributed by atoms with van der Waals surface area (Å²) in [6.07, 6.45) is 14.9. The van der Waals surface area contributed by atoms with Gasteiger partial charge >= 0.3 is 0 Å². The molecule has 0 heterocycles. The Bertz CT molecular complexity index is 875. The van der Waals surface area contributed by atoms with Gasteiger partial charge in [-0.15, -0.1) is 0 Å². The molecule has 0 saturated heterocycles. The number of hydrogen-bond donors (Lipinski definition) is 2. The monoisotopic (exact) mass is 448 g/mol. The number of benzene rings is 2. The molecular formula is C25H36O5S. The third-order valence-corrected chi connectivity index (χ3v) is 6.35. The number of phenols is 1. The Balaban J connectivity index is 1.72. The van der Waals surface area contributed by atoms with Crippen LogP contribution in [0.1, 0.15) is 83.1 Å². The second kappa shape index (κ2) is 13.4. The lowest BCUT2D eigenvalue weighted by Gasteiger charge is -2.11. The van der Waals surface area contributed by atoms with Gasteiger partial charge in [-0.1, -0.05) is 83.3 Å². The van der Waals surface area contributed by atoms with Crippen molar-refractivity contribution in [2.75, 3.05) is 0 Å². The average molecular weight is 449 g/mol. The van der Waals surface area contributed by atoms with Crippen LogP contribution in [0.2, 0.25) is 0 Å². The van der Waals surface area contributed by atoms with Crippen molar-refractivity contribution >= 4 is 10.1 Å². The maximum absolute atomic E-state index is 11.1. The number of aromatic hydroxyl groups is 1. The first-order valence-electron chi connectivity index (χ1n) is 11.5. The molecule has 0 aromatic heterocycles. The highest BCUT2D eigenvalue weighted by Gasteiger charge is 2.12. The van der Waals surface area contributed by atoms with E-state index < -0.39 is 10.1 Å². The summed E-state index contributed by atoms with van der Waals surface area (Å²) in [7, 11) is -4.24. The molecule has 0 fully saturated rings. The number of aryl methyl sites for hydroxylation is 1. The van der Waals surface area contributed by atoms with Crippen LogP contribution in [0.3, 0.4) is 0 Å². The van der Waals surface area contributed by atoms with Gasteiger partial charge in [-0.25, -0.2) is 0 Å². The molecule has 0 aliphatic heterocycles. The Hall–Kier alpha value is -2.05. The largest absolute Gasteiger partial charge is 0.504 e. The van der Waals surface area contributed by atoms with E-state index in [0.29, 0.717) is 11.5 Å². The van der Waals surface area contributed by atoms with Crippen LogP contribution < -0.4 is 4.74 Å². The normalized spacial score (nSPS) is 11.5. The van der Waals surface area contributed by atoms with E-state index in [1.54, 1.807) is 6.07 Å². The van der Waals surface area contributed by atoms with Crippen molar-refractivity contribution in [3.8, 4) is 17.2 Å². The molecule has 0 spiro atoms. The number of rotatable bonds is 15. The lowest BCUT2D eigenvalue weighted by atomic mass is 10.0. The predicted octanol–water partition coefficient (Wildman–Crippen LogP) is 7.28. The van der Waals surface area contributed by atoms with Gasteiger partial charge < -0.3 is 9.84 Å². The van der Waals surface area contributed by atoms with Crippen molar-refractivity contribution in [2.24, 2.45) is 0 Å². The van der Waals surface area contributed by atoms with Gasteiger partial charge in [0.1, 0.15) is 5.75 Å². The minimum absolute atomic E-state index is 0.119. The summed E-state index contributed by atoms with van der Waals surface area (Å²) in [5.41, 5.74) is 0.850. The van der Waals surface area contributed by atoms with E-state index in [1.807, 2.05) is 12.1 Å². The molecule has 0 unspecified atom stereocenters. The average Bonchev–Trinajstić information content (AvgIpc) is 2.74. The fraction of sp³-hybridized carbons (Fsp3) is 0.520. The minimum atomic E-state index is -4.24. The summed E-state index contributed by atoms with van der Waals surface area (Å²) < 4.78 is 37.0. The number of para-hydroxylation sites is 1. The molecule has 6 heteroatoms. The fourth-order valence-electron chi connectivity index (χ4n) is 3.64. The Labute approximate surface area is 187 Å². The fourth-order valence-corrected chi connectivity index (χ4v) is 4.12. The van der Waals surface area contributed by atoms with E-state index in [-0.39, 0.29) is 10.6 Å². The predicted molar refractivity (Wildman–Crippen MR) is 125 cm³/mol. The van der Waals surface area contributed by atoms with Gasteiger partial charge in [0.15, 0.2) is 11.5 Å². The SMILES string of the molecule is CCCCCCCCCCCCCc1cccc(Oc2ccc(S(=O)(=O)O)cc2)c1O. The highest BCUT2D eigenvalue weighted by atomic mass is 32.2. The van der Waals surface area contributed by atoms with Crippen molar-refractivity contribution in [3.05, 3.63) is 48.0 Å². The number of unbranched alkanes of at least 4 members (excludes halogenated alkanes) is 10. The van der Waals surface area contributed by atoms with Crippen LogP contribution in [0.4, 0.5) is 0 Å². The van der Waals surface area contributed by atoms with Gasteiger partial charge in [0.05, 0.1) is 4.90 Å². The smallest absolute Gasteiger partial charge is 0.294 e. The van der Waals surface area contributed by atoms with Crippen LogP contribution in [0.5, 0.6) is 17.2 Å². The van der Waals surface area contributed by atoms with Crippen LogP contribution in [0, 0.1) is 0 Å². The van der Waals surface area contributed by atoms with Crippen molar-refractivity contribution in [1.29, 1.82) is 0 Å². The van der Waals surface area contributed by atoms with E-state index in [9.17, 15) is 13.5 Å². The van der Waals surface area contributed by atoms with Gasteiger partial charge in [-0.2, -0.15) is 8.42 Å². The summed E-state index contributed by atoms with van der Waals surface area (Å²) in [4.78, 5) is -0.200. The standard InChI is InChI=1S/C25H36O5S/c1-2-3-4-5-6-7-8-9-10-11-12-14-21-15-13-16-24(25(21)26)30-22-17-19-23(20-18-22)31(27,28)29/h13,15-20,26H,2-12,14H2,1H3,(H,27,28,29). The zero-order chi connectivity index (χ0) is 22.5. The van der Waals surface area contributed by atoms with E-state index in [1.165, 1.54) is 82.1 Å². The third kappa shape index (κ3) is 9.32. The first-order valence-corrected chi connectivity index (χ1v) is 12.9. The Morgan fingerprint density at radius 1 is 0.774 bits per heavy atom. The Morgan fingerprint density at radius 3 is 1.87 bits per heavy atom.